The Labute approximate surface area is 166 Å². The van der Waals surface area contributed by atoms with Crippen LogP contribution < -0.4 is 10.2 Å². The van der Waals surface area contributed by atoms with Crippen molar-refractivity contribution in [3.63, 3.8) is 0 Å². The molecule has 28 heavy (non-hydrogen) atoms. The number of hydrogen-bond acceptors (Lipinski definition) is 3. The van der Waals surface area contributed by atoms with Crippen molar-refractivity contribution >= 4 is 23.2 Å². The van der Waals surface area contributed by atoms with E-state index in [4.69, 9.17) is 0 Å². The minimum atomic E-state index is -0.296. The van der Waals surface area contributed by atoms with Crippen molar-refractivity contribution in [1.29, 1.82) is 0 Å². The van der Waals surface area contributed by atoms with Crippen molar-refractivity contribution in [1.82, 2.24) is 4.90 Å². The summed E-state index contributed by atoms with van der Waals surface area (Å²) in [5.41, 5.74) is 4.27. The van der Waals surface area contributed by atoms with E-state index >= 15 is 0 Å². The van der Waals surface area contributed by atoms with Crippen molar-refractivity contribution in [3.05, 3.63) is 59.7 Å². The summed E-state index contributed by atoms with van der Waals surface area (Å²) in [6.07, 6.45) is 2.77. The summed E-state index contributed by atoms with van der Waals surface area (Å²) >= 11 is 0. The topological polar surface area (TPSA) is 52.7 Å². The van der Waals surface area contributed by atoms with Gasteiger partial charge in [-0.2, -0.15) is 0 Å². The first-order valence-electron chi connectivity index (χ1n) is 10.1. The molecule has 1 N–H and O–H groups in total. The highest BCUT2D eigenvalue weighted by atomic mass is 16.2. The fourth-order valence-electron chi connectivity index (χ4n) is 4.11. The van der Waals surface area contributed by atoms with E-state index in [0.29, 0.717) is 13.1 Å². The predicted octanol–water partition coefficient (Wildman–Crippen LogP) is 3.58. The van der Waals surface area contributed by atoms with E-state index in [0.717, 1.165) is 24.3 Å². The largest absolute Gasteiger partial charge is 0.372 e. The molecule has 1 unspecified atom stereocenters. The highest BCUT2D eigenvalue weighted by molar-refractivity contribution is 5.97. The van der Waals surface area contributed by atoms with E-state index < -0.39 is 0 Å². The third kappa shape index (κ3) is 4.19. The second-order valence-corrected chi connectivity index (χ2v) is 7.89. The summed E-state index contributed by atoms with van der Waals surface area (Å²) in [7, 11) is 0. The van der Waals surface area contributed by atoms with Crippen LogP contribution in [0.5, 0.6) is 0 Å². The summed E-state index contributed by atoms with van der Waals surface area (Å²) in [6, 6.07) is 16.2. The molecule has 4 rings (SSSR count). The molecule has 5 nitrogen and oxygen atoms in total. The third-order valence-electron chi connectivity index (χ3n) is 5.65. The van der Waals surface area contributed by atoms with Gasteiger partial charge in [0.2, 0.25) is 11.8 Å². The number of anilines is 2. The van der Waals surface area contributed by atoms with Gasteiger partial charge < -0.3 is 15.1 Å². The van der Waals surface area contributed by atoms with Gasteiger partial charge in [0.15, 0.2) is 0 Å². The van der Waals surface area contributed by atoms with Crippen LogP contribution in [-0.4, -0.2) is 36.3 Å². The van der Waals surface area contributed by atoms with Crippen LogP contribution >= 0.6 is 0 Å². The Morgan fingerprint density at radius 2 is 1.86 bits per heavy atom. The first-order chi connectivity index (χ1) is 13.6. The monoisotopic (exact) mass is 377 g/mol. The lowest BCUT2D eigenvalue weighted by molar-refractivity contribution is -0.128. The molecule has 0 saturated carbocycles. The molecule has 0 bridgehead atoms. The molecule has 2 aliphatic heterocycles. The second-order valence-electron chi connectivity index (χ2n) is 7.89. The maximum Gasteiger partial charge on any atom is 0.229 e. The van der Waals surface area contributed by atoms with Crippen molar-refractivity contribution in [2.75, 3.05) is 29.9 Å². The molecule has 0 radical (unpaired) electrons. The van der Waals surface area contributed by atoms with E-state index in [1.807, 2.05) is 37.3 Å². The van der Waals surface area contributed by atoms with Gasteiger partial charge in [0.05, 0.1) is 5.92 Å². The number of nitrogens with one attached hydrogen (secondary N) is 1. The molecular formula is C23H27N3O2. The molecule has 2 aromatic rings. The van der Waals surface area contributed by atoms with Crippen molar-refractivity contribution in [2.45, 2.75) is 32.7 Å². The number of aryl methyl sites for hydroxylation is 1. The Morgan fingerprint density at radius 3 is 2.57 bits per heavy atom. The normalized spacial score (nSPS) is 19.3. The van der Waals surface area contributed by atoms with Gasteiger partial charge in [0.1, 0.15) is 0 Å². The second kappa shape index (κ2) is 8.05. The van der Waals surface area contributed by atoms with Crippen LogP contribution in [0.2, 0.25) is 0 Å². The van der Waals surface area contributed by atoms with Gasteiger partial charge >= 0.3 is 0 Å². The third-order valence-corrected chi connectivity index (χ3v) is 5.65. The molecule has 2 heterocycles. The Hall–Kier alpha value is -2.82. The van der Waals surface area contributed by atoms with Gasteiger partial charge in [-0.3, -0.25) is 9.59 Å². The average molecular weight is 377 g/mol. The molecule has 2 amide bonds. The van der Waals surface area contributed by atoms with Gasteiger partial charge in [-0.15, -0.1) is 0 Å². The highest BCUT2D eigenvalue weighted by Gasteiger charge is 2.34. The average Bonchev–Trinajstić information content (AvgIpc) is 3.33. The van der Waals surface area contributed by atoms with E-state index in [1.165, 1.54) is 24.1 Å². The van der Waals surface area contributed by atoms with Crippen molar-refractivity contribution in [3.8, 4) is 0 Å². The van der Waals surface area contributed by atoms with Crippen molar-refractivity contribution < 1.29 is 9.59 Å². The fourth-order valence-corrected chi connectivity index (χ4v) is 4.11. The molecule has 2 aromatic carbocycles. The first-order valence-corrected chi connectivity index (χ1v) is 10.1. The smallest absolute Gasteiger partial charge is 0.229 e. The first kappa shape index (κ1) is 18.5. The molecule has 1 atom stereocenters. The van der Waals surface area contributed by atoms with E-state index in [2.05, 4.69) is 28.4 Å². The molecule has 146 valence electrons. The van der Waals surface area contributed by atoms with Crippen LogP contribution in [0.3, 0.4) is 0 Å². The quantitative estimate of drug-likeness (QED) is 0.866. The Bertz CT molecular complexity index is 856. The lowest BCUT2D eigenvalue weighted by atomic mass is 10.1. The zero-order valence-corrected chi connectivity index (χ0v) is 16.4. The van der Waals surface area contributed by atoms with Crippen LogP contribution in [-0.2, 0) is 16.1 Å². The minimum Gasteiger partial charge on any atom is -0.372 e. The molecule has 5 heteroatoms. The summed E-state index contributed by atoms with van der Waals surface area (Å²) < 4.78 is 0. The molecule has 2 fully saturated rings. The zero-order valence-electron chi connectivity index (χ0n) is 16.4. The van der Waals surface area contributed by atoms with Gasteiger partial charge in [-0.05, 0) is 49.6 Å². The summed E-state index contributed by atoms with van der Waals surface area (Å²) in [5.74, 6) is -0.324. The number of hydrogen-bond donors (Lipinski definition) is 1. The van der Waals surface area contributed by atoms with Gasteiger partial charge in [-0.1, -0.05) is 29.8 Å². The SMILES string of the molecule is Cc1cccc(CN2CC(C(=O)Nc3ccc(N4CCCC4)cc3)CC2=O)c1. The maximum atomic E-state index is 12.7. The number of amides is 2. The van der Waals surface area contributed by atoms with Crippen LogP contribution in [0.1, 0.15) is 30.4 Å². The highest BCUT2D eigenvalue weighted by Crippen LogP contribution is 2.24. The fraction of sp³-hybridized carbons (Fsp3) is 0.391. The van der Waals surface area contributed by atoms with E-state index in [9.17, 15) is 9.59 Å². The number of likely N-dealkylation sites (tertiary alicyclic amines) is 1. The number of carbonyl (C=O) groups excluding carboxylic acids is 2. The zero-order chi connectivity index (χ0) is 19.5. The molecule has 0 aromatic heterocycles. The molecular weight excluding hydrogens is 350 g/mol. The molecule has 0 spiro atoms. The van der Waals surface area contributed by atoms with E-state index in [-0.39, 0.29) is 24.2 Å². The maximum absolute atomic E-state index is 12.7. The Morgan fingerprint density at radius 1 is 1.11 bits per heavy atom. The van der Waals surface area contributed by atoms with Gasteiger partial charge in [0, 0.05) is 44.0 Å². The number of benzene rings is 2. The molecule has 0 aliphatic carbocycles. The molecule has 2 saturated heterocycles. The molecule has 2 aliphatic rings. The van der Waals surface area contributed by atoms with Gasteiger partial charge in [-0.25, -0.2) is 0 Å². The Kier molecular flexibility index (Phi) is 5.33. The standard InChI is InChI=1S/C23H27N3O2/c1-17-5-4-6-18(13-17)15-26-16-19(14-22(26)27)23(28)24-20-7-9-21(10-8-20)25-11-2-3-12-25/h4-10,13,19H,2-3,11-12,14-16H2,1H3,(H,24,28). The summed E-state index contributed by atoms with van der Waals surface area (Å²) in [4.78, 5) is 29.2. The summed E-state index contributed by atoms with van der Waals surface area (Å²) in [5, 5.41) is 2.98. The van der Waals surface area contributed by atoms with Crippen LogP contribution in [0, 0.1) is 12.8 Å². The number of nitrogens with zero attached hydrogens (tertiary/aromatic N) is 2. The number of carbonyl (C=O) groups is 2. The van der Waals surface area contributed by atoms with Gasteiger partial charge in [0.25, 0.3) is 0 Å². The predicted molar refractivity (Wildman–Crippen MR) is 111 cm³/mol. The Balaban J connectivity index is 1.34. The number of rotatable bonds is 5. The lowest BCUT2D eigenvalue weighted by Crippen LogP contribution is -2.28. The van der Waals surface area contributed by atoms with Crippen LogP contribution in [0.4, 0.5) is 11.4 Å². The minimum absolute atomic E-state index is 0.0473. The summed E-state index contributed by atoms with van der Waals surface area (Å²) in [6.45, 7) is 5.29. The van der Waals surface area contributed by atoms with E-state index in [1.54, 1.807) is 4.90 Å². The lowest BCUT2D eigenvalue weighted by Gasteiger charge is -2.18. The van der Waals surface area contributed by atoms with Crippen molar-refractivity contribution in [2.24, 2.45) is 5.92 Å². The van der Waals surface area contributed by atoms with Crippen LogP contribution in [0.25, 0.3) is 0 Å². The van der Waals surface area contributed by atoms with Crippen LogP contribution in [0.15, 0.2) is 48.5 Å².